The van der Waals surface area contributed by atoms with Crippen LogP contribution in [0.2, 0.25) is 0 Å². The van der Waals surface area contributed by atoms with Crippen LogP contribution in [0.15, 0.2) is 88.4 Å². The van der Waals surface area contributed by atoms with E-state index >= 15 is 0 Å². The van der Waals surface area contributed by atoms with Crippen molar-refractivity contribution in [1.82, 2.24) is 5.43 Å². The third-order valence-electron chi connectivity index (χ3n) is 3.71. The van der Waals surface area contributed by atoms with Crippen LogP contribution in [0.25, 0.3) is 0 Å². The molecule has 27 heavy (non-hydrogen) atoms. The molecule has 0 atom stereocenters. The van der Waals surface area contributed by atoms with Gasteiger partial charge in [-0.05, 0) is 42.0 Å². The molecule has 0 radical (unpaired) electrons. The molecule has 0 aliphatic carbocycles. The van der Waals surface area contributed by atoms with Gasteiger partial charge in [-0.25, -0.2) is 5.43 Å². The molecule has 0 saturated carbocycles. The number of carbonyl (C=O) groups excluding carboxylic acids is 2. The van der Waals surface area contributed by atoms with Crippen LogP contribution in [0.1, 0.15) is 26.3 Å². The molecule has 0 aromatic heterocycles. The van der Waals surface area contributed by atoms with Gasteiger partial charge in [0.1, 0.15) is 0 Å². The molecule has 6 heteroatoms. The summed E-state index contributed by atoms with van der Waals surface area (Å²) < 4.78 is 0.965. The van der Waals surface area contributed by atoms with Crippen LogP contribution in [-0.4, -0.2) is 18.0 Å². The monoisotopic (exact) mass is 421 g/mol. The average Bonchev–Trinajstić information content (AvgIpc) is 2.70. The fourth-order valence-corrected chi connectivity index (χ4v) is 2.61. The van der Waals surface area contributed by atoms with Crippen molar-refractivity contribution in [3.8, 4) is 0 Å². The maximum absolute atomic E-state index is 12.4. The lowest BCUT2D eigenvalue weighted by Gasteiger charge is -2.10. The number of nitrogens with zero attached hydrogens (tertiary/aromatic N) is 1. The zero-order valence-corrected chi connectivity index (χ0v) is 15.8. The highest BCUT2D eigenvalue weighted by molar-refractivity contribution is 9.10. The largest absolute Gasteiger partial charge is 0.321 e. The highest BCUT2D eigenvalue weighted by Gasteiger charge is 2.13. The first-order valence-electron chi connectivity index (χ1n) is 8.18. The van der Waals surface area contributed by atoms with Crippen LogP contribution in [0.4, 0.5) is 5.69 Å². The van der Waals surface area contributed by atoms with Crippen LogP contribution in [0.3, 0.4) is 0 Å². The van der Waals surface area contributed by atoms with E-state index in [9.17, 15) is 9.59 Å². The molecule has 0 aliphatic rings. The lowest BCUT2D eigenvalue weighted by atomic mass is 10.1. The van der Waals surface area contributed by atoms with Gasteiger partial charge in [-0.15, -0.1) is 0 Å². The normalized spacial score (nSPS) is 10.6. The van der Waals surface area contributed by atoms with Gasteiger partial charge in [0.15, 0.2) is 0 Å². The lowest BCUT2D eigenvalue weighted by Crippen LogP contribution is -2.21. The molecule has 5 nitrogen and oxygen atoms in total. The zero-order valence-electron chi connectivity index (χ0n) is 14.2. The van der Waals surface area contributed by atoms with Crippen molar-refractivity contribution in [1.29, 1.82) is 0 Å². The Balaban J connectivity index is 1.70. The summed E-state index contributed by atoms with van der Waals surface area (Å²) in [5, 5.41) is 6.74. The molecule has 0 aliphatic heterocycles. The number of amides is 2. The van der Waals surface area contributed by atoms with Crippen molar-refractivity contribution in [3.05, 3.63) is 100 Å². The Bertz CT molecular complexity index is 970. The Morgan fingerprint density at radius 2 is 1.48 bits per heavy atom. The Morgan fingerprint density at radius 1 is 0.815 bits per heavy atom. The summed E-state index contributed by atoms with van der Waals surface area (Å²) in [7, 11) is 0. The minimum absolute atomic E-state index is 0.283. The molecule has 0 saturated heterocycles. The number of hydrazone groups is 1. The summed E-state index contributed by atoms with van der Waals surface area (Å²) in [5.41, 5.74) is 4.60. The summed E-state index contributed by atoms with van der Waals surface area (Å²) in [6, 6.07) is 23.1. The Morgan fingerprint density at radius 3 is 2.22 bits per heavy atom. The predicted octanol–water partition coefficient (Wildman–Crippen LogP) is 4.47. The SMILES string of the molecule is O=C(Nc1ccccc1C(=O)N/N=C\c1ccc(Br)cc1)c1ccccc1. The van der Waals surface area contributed by atoms with E-state index in [1.165, 1.54) is 0 Å². The first kappa shape index (κ1) is 18.5. The number of anilines is 1. The Kier molecular flexibility index (Phi) is 6.12. The van der Waals surface area contributed by atoms with Crippen LogP contribution in [0, 0.1) is 0 Å². The van der Waals surface area contributed by atoms with Crippen molar-refractivity contribution in [2.75, 3.05) is 5.32 Å². The molecule has 3 aromatic rings. The molecule has 0 fully saturated rings. The summed E-state index contributed by atoms with van der Waals surface area (Å²) in [5.74, 6) is -0.693. The van der Waals surface area contributed by atoms with Gasteiger partial charge in [-0.1, -0.05) is 58.4 Å². The molecule has 0 heterocycles. The third kappa shape index (κ3) is 5.12. The minimum Gasteiger partial charge on any atom is -0.321 e. The number of halogens is 1. The van der Waals surface area contributed by atoms with Gasteiger partial charge in [-0.2, -0.15) is 5.10 Å². The molecule has 3 rings (SSSR count). The summed E-state index contributed by atoms with van der Waals surface area (Å²) in [6.45, 7) is 0. The van der Waals surface area contributed by atoms with E-state index in [1.54, 1.807) is 54.7 Å². The van der Waals surface area contributed by atoms with Gasteiger partial charge >= 0.3 is 0 Å². The van der Waals surface area contributed by atoms with E-state index in [-0.39, 0.29) is 5.91 Å². The average molecular weight is 422 g/mol. The van der Waals surface area contributed by atoms with E-state index < -0.39 is 5.91 Å². The van der Waals surface area contributed by atoms with Crippen LogP contribution >= 0.6 is 15.9 Å². The molecular formula is C21H16BrN3O2. The molecule has 2 N–H and O–H groups in total. The van der Waals surface area contributed by atoms with E-state index in [1.807, 2.05) is 30.3 Å². The fraction of sp³-hybridized carbons (Fsp3) is 0. The molecule has 3 aromatic carbocycles. The van der Waals surface area contributed by atoms with Gasteiger partial charge in [0.05, 0.1) is 17.5 Å². The highest BCUT2D eigenvalue weighted by atomic mass is 79.9. The summed E-state index contributed by atoms with van der Waals surface area (Å²) >= 11 is 3.36. The maximum Gasteiger partial charge on any atom is 0.273 e. The Labute approximate surface area is 165 Å². The van der Waals surface area contributed by atoms with Gasteiger partial charge in [0.25, 0.3) is 11.8 Å². The van der Waals surface area contributed by atoms with E-state index in [0.717, 1.165) is 10.0 Å². The quantitative estimate of drug-likeness (QED) is 0.471. The standard InChI is InChI=1S/C21H16BrN3O2/c22-17-12-10-15(11-13-17)14-23-25-21(27)18-8-4-5-9-19(18)24-20(26)16-6-2-1-3-7-16/h1-14H,(H,24,26)(H,25,27)/b23-14-. The lowest BCUT2D eigenvalue weighted by molar-refractivity contribution is 0.0956. The van der Waals surface area contributed by atoms with E-state index in [2.05, 4.69) is 31.8 Å². The van der Waals surface area contributed by atoms with Gasteiger partial charge in [0, 0.05) is 10.0 Å². The van der Waals surface area contributed by atoms with Crippen LogP contribution < -0.4 is 10.7 Å². The summed E-state index contributed by atoms with van der Waals surface area (Å²) in [6.07, 6.45) is 1.55. The van der Waals surface area contributed by atoms with Gasteiger partial charge in [0.2, 0.25) is 0 Å². The highest BCUT2D eigenvalue weighted by Crippen LogP contribution is 2.16. The number of carbonyl (C=O) groups is 2. The van der Waals surface area contributed by atoms with Gasteiger partial charge in [-0.3, -0.25) is 9.59 Å². The second kappa shape index (κ2) is 8.91. The molecule has 2 amide bonds. The fourth-order valence-electron chi connectivity index (χ4n) is 2.35. The minimum atomic E-state index is -0.410. The van der Waals surface area contributed by atoms with Crippen molar-refractivity contribution in [3.63, 3.8) is 0 Å². The molecular weight excluding hydrogens is 406 g/mol. The topological polar surface area (TPSA) is 70.6 Å². The van der Waals surface area contributed by atoms with Crippen LogP contribution in [-0.2, 0) is 0 Å². The molecule has 0 unspecified atom stereocenters. The van der Waals surface area contributed by atoms with Crippen molar-refractivity contribution in [2.45, 2.75) is 0 Å². The van der Waals surface area contributed by atoms with Crippen molar-refractivity contribution < 1.29 is 9.59 Å². The first-order chi connectivity index (χ1) is 13.1. The second-order valence-electron chi connectivity index (χ2n) is 5.62. The van der Waals surface area contributed by atoms with E-state index in [0.29, 0.717) is 16.8 Å². The number of hydrogen-bond donors (Lipinski definition) is 2. The molecule has 0 spiro atoms. The number of rotatable bonds is 5. The third-order valence-corrected chi connectivity index (χ3v) is 4.23. The molecule has 0 bridgehead atoms. The van der Waals surface area contributed by atoms with Gasteiger partial charge < -0.3 is 5.32 Å². The molecule has 134 valence electrons. The number of para-hydroxylation sites is 1. The summed E-state index contributed by atoms with van der Waals surface area (Å²) in [4.78, 5) is 24.8. The number of benzene rings is 3. The second-order valence-corrected chi connectivity index (χ2v) is 6.53. The van der Waals surface area contributed by atoms with E-state index in [4.69, 9.17) is 0 Å². The smallest absolute Gasteiger partial charge is 0.273 e. The number of nitrogens with one attached hydrogen (secondary N) is 2. The zero-order chi connectivity index (χ0) is 19.1. The van der Waals surface area contributed by atoms with Crippen molar-refractivity contribution in [2.24, 2.45) is 5.10 Å². The van der Waals surface area contributed by atoms with Crippen molar-refractivity contribution >= 4 is 39.6 Å². The maximum atomic E-state index is 12.4. The first-order valence-corrected chi connectivity index (χ1v) is 8.97. The Hall–Kier alpha value is -3.25. The predicted molar refractivity (Wildman–Crippen MR) is 110 cm³/mol. The van der Waals surface area contributed by atoms with Crippen LogP contribution in [0.5, 0.6) is 0 Å². The number of hydrogen-bond acceptors (Lipinski definition) is 3.